The molecule has 0 saturated heterocycles. The van der Waals surface area contributed by atoms with Gasteiger partial charge in [0.2, 0.25) is 0 Å². The number of fused-ring (bicyclic) bond motifs is 6. The third kappa shape index (κ3) is 5.42. The van der Waals surface area contributed by atoms with Crippen LogP contribution in [0, 0.1) is 0 Å². The number of anilines is 6. The molecule has 0 bridgehead atoms. The monoisotopic (exact) mass is 778 g/mol. The van der Waals surface area contributed by atoms with E-state index in [4.69, 9.17) is 0 Å². The van der Waals surface area contributed by atoms with Crippen LogP contribution in [0.1, 0.15) is 25.0 Å². The summed E-state index contributed by atoms with van der Waals surface area (Å²) in [6, 6.07) is 80.0. The molecule has 0 heterocycles. The fraction of sp³-hybridized carbons (Fsp3) is 0.0508. The van der Waals surface area contributed by atoms with Crippen molar-refractivity contribution in [3.63, 3.8) is 0 Å². The lowest BCUT2D eigenvalue weighted by Crippen LogP contribution is -2.16. The van der Waals surface area contributed by atoms with Crippen molar-refractivity contribution in [3.05, 3.63) is 230 Å². The minimum absolute atomic E-state index is 0.217. The smallest absolute Gasteiger partial charge is 0.0465 e. The third-order valence-electron chi connectivity index (χ3n) is 13.2. The van der Waals surface area contributed by atoms with E-state index < -0.39 is 0 Å². The fourth-order valence-electron chi connectivity index (χ4n) is 10.4. The maximum Gasteiger partial charge on any atom is 0.0465 e. The summed E-state index contributed by atoms with van der Waals surface area (Å²) in [6.45, 7) is 4.82. The van der Waals surface area contributed by atoms with Crippen LogP contribution in [0.25, 0.3) is 65.3 Å². The van der Waals surface area contributed by atoms with Gasteiger partial charge in [0.1, 0.15) is 0 Å². The molecule has 0 fully saturated rings. The molecule has 0 N–H and O–H groups in total. The number of hydrogen-bond acceptors (Lipinski definition) is 2. The quantitative estimate of drug-likeness (QED) is 0.117. The molecular weight excluding hydrogens is 737 g/mol. The average molecular weight is 779 g/mol. The standard InChI is InChI=1S/C59H42N2/c1-59(2)54-37-45(61(42-21-11-5-12-22-42)43-23-13-6-14-24-43)33-34-51(54)58-52-28-16-27-49-48-26-15-25-47-46(35-36-50(56(47)48)53(57(49)52)38-55(58)59)39-29-31-44(32-30-39)60(40-17-7-3-8-18-40)41-19-9-4-10-20-41/h3-38H,1-2H3. The molecule has 288 valence electrons. The summed E-state index contributed by atoms with van der Waals surface area (Å²) in [5.41, 5.74) is 14.5. The van der Waals surface area contributed by atoms with Crippen LogP contribution < -0.4 is 9.80 Å². The molecular formula is C59H42N2. The molecule has 61 heavy (non-hydrogen) atoms. The zero-order valence-electron chi connectivity index (χ0n) is 34.2. The first-order valence-electron chi connectivity index (χ1n) is 21.3. The first kappa shape index (κ1) is 35.3. The van der Waals surface area contributed by atoms with Crippen molar-refractivity contribution in [2.24, 2.45) is 0 Å². The number of rotatable bonds is 7. The second-order valence-corrected chi connectivity index (χ2v) is 16.9. The Morgan fingerprint density at radius 3 is 1.28 bits per heavy atom. The van der Waals surface area contributed by atoms with E-state index in [2.05, 4.69) is 242 Å². The molecule has 2 nitrogen and oxygen atoms in total. The van der Waals surface area contributed by atoms with Gasteiger partial charge in [-0.25, -0.2) is 0 Å². The summed E-state index contributed by atoms with van der Waals surface area (Å²) in [6.07, 6.45) is 0. The van der Waals surface area contributed by atoms with Crippen molar-refractivity contribution in [2.75, 3.05) is 9.80 Å². The van der Waals surface area contributed by atoms with E-state index in [1.807, 2.05) is 0 Å². The molecule has 0 atom stereocenters. The van der Waals surface area contributed by atoms with Crippen LogP contribution in [0.15, 0.2) is 218 Å². The summed E-state index contributed by atoms with van der Waals surface area (Å²) in [5, 5.41) is 10.5. The van der Waals surface area contributed by atoms with Gasteiger partial charge in [0.15, 0.2) is 0 Å². The van der Waals surface area contributed by atoms with Gasteiger partial charge in [0.25, 0.3) is 0 Å². The zero-order valence-corrected chi connectivity index (χ0v) is 34.2. The van der Waals surface area contributed by atoms with Crippen LogP contribution in [0.5, 0.6) is 0 Å². The van der Waals surface area contributed by atoms with E-state index in [-0.39, 0.29) is 5.41 Å². The van der Waals surface area contributed by atoms with Crippen LogP contribution in [0.2, 0.25) is 0 Å². The second-order valence-electron chi connectivity index (χ2n) is 16.9. The largest absolute Gasteiger partial charge is 0.311 e. The van der Waals surface area contributed by atoms with Crippen molar-refractivity contribution >= 4 is 77.2 Å². The minimum atomic E-state index is -0.217. The van der Waals surface area contributed by atoms with E-state index in [1.54, 1.807) is 0 Å². The second kappa shape index (κ2) is 13.7. The molecule has 0 amide bonds. The van der Waals surface area contributed by atoms with Crippen molar-refractivity contribution in [1.82, 2.24) is 0 Å². The molecule has 1 aliphatic carbocycles. The Morgan fingerprint density at radius 2 is 0.721 bits per heavy atom. The molecule has 0 saturated carbocycles. The van der Waals surface area contributed by atoms with Gasteiger partial charge in [-0.3, -0.25) is 0 Å². The highest BCUT2D eigenvalue weighted by Crippen LogP contribution is 2.56. The minimum Gasteiger partial charge on any atom is -0.311 e. The van der Waals surface area contributed by atoms with Crippen molar-refractivity contribution in [3.8, 4) is 22.3 Å². The van der Waals surface area contributed by atoms with Crippen LogP contribution in [-0.2, 0) is 5.41 Å². The Hall–Kier alpha value is -7.68. The Balaban J connectivity index is 1.01. The first-order valence-corrected chi connectivity index (χ1v) is 21.3. The van der Waals surface area contributed by atoms with Gasteiger partial charge in [-0.2, -0.15) is 0 Å². The van der Waals surface area contributed by atoms with Crippen LogP contribution >= 0.6 is 0 Å². The molecule has 0 aromatic heterocycles. The number of benzene rings is 11. The molecule has 0 radical (unpaired) electrons. The Kier molecular flexibility index (Phi) is 7.92. The molecule has 0 spiro atoms. The number of nitrogens with zero attached hydrogens (tertiary/aromatic N) is 2. The van der Waals surface area contributed by atoms with Gasteiger partial charge >= 0.3 is 0 Å². The molecule has 11 aromatic carbocycles. The van der Waals surface area contributed by atoms with Crippen molar-refractivity contribution in [1.29, 1.82) is 0 Å². The normalized spacial score (nSPS) is 12.9. The highest BCUT2D eigenvalue weighted by atomic mass is 15.1. The average Bonchev–Trinajstić information content (AvgIpc) is 3.55. The predicted octanol–water partition coefficient (Wildman–Crippen LogP) is 16.7. The maximum absolute atomic E-state index is 2.54. The van der Waals surface area contributed by atoms with Crippen LogP contribution in [0.3, 0.4) is 0 Å². The fourth-order valence-corrected chi connectivity index (χ4v) is 10.4. The third-order valence-corrected chi connectivity index (χ3v) is 13.2. The van der Waals surface area contributed by atoms with Gasteiger partial charge in [0.05, 0.1) is 0 Å². The van der Waals surface area contributed by atoms with Gasteiger partial charge in [-0.1, -0.05) is 153 Å². The van der Waals surface area contributed by atoms with E-state index in [9.17, 15) is 0 Å². The number of hydrogen-bond donors (Lipinski definition) is 0. The summed E-state index contributed by atoms with van der Waals surface area (Å²) < 4.78 is 0. The van der Waals surface area contributed by atoms with Crippen LogP contribution in [0.4, 0.5) is 34.1 Å². The first-order chi connectivity index (χ1) is 30.0. The molecule has 2 heteroatoms. The van der Waals surface area contributed by atoms with Crippen LogP contribution in [-0.4, -0.2) is 0 Å². The summed E-state index contributed by atoms with van der Waals surface area (Å²) in [4.78, 5) is 4.70. The SMILES string of the molecule is CC1(C)c2cc(N(c3ccccc3)c3ccccc3)ccc2-c2c1cc1c3ccc(-c4ccc(N(c5ccccc5)c5ccccc5)cc4)c4cccc(c5cccc2c51)c43. The summed E-state index contributed by atoms with van der Waals surface area (Å²) in [5.74, 6) is 0. The summed E-state index contributed by atoms with van der Waals surface area (Å²) >= 11 is 0. The summed E-state index contributed by atoms with van der Waals surface area (Å²) in [7, 11) is 0. The number of para-hydroxylation sites is 4. The Labute approximate surface area is 356 Å². The van der Waals surface area contributed by atoms with E-state index in [1.165, 1.54) is 76.5 Å². The van der Waals surface area contributed by atoms with Gasteiger partial charge < -0.3 is 9.80 Å². The molecule has 0 unspecified atom stereocenters. The molecule has 0 aliphatic heterocycles. The maximum atomic E-state index is 2.54. The lowest BCUT2D eigenvalue weighted by atomic mass is 9.79. The lowest BCUT2D eigenvalue weighted by Gasteiger charge is -2.28. The molecule has 12 rings (SSSR count). The topological polar surface area (TPSA) is 6.48 Å². The Morgan fingerprint density at radius 1 is 0.295 bits per heavy atom. The predicted molar refractivity (Wildman–Crippen MR) is 260 cm³/mol. The highest BCUT2D eigenvalue weighted by molar-refractivity contribution is 6.35. The Bertz CT molecular complexity index is 3330. The highest BCUT2D eigenvalue weighted by Gasteiger charge is 2.38. The van der Waals surface area contributed by atoms with E-state index in [0.717, 1.165) is 34.1 Å². The van der Waals surface area contributed by atoms with Crippen molar-refractivity contribution < 1.29 is 0 Å². The van der Waals surface area contributed by atoms with Gasteiger partial charge in [-0.15, -0.1) is 0 Å². The zero-order chi connectivity index (χ0) is 40.7. The van der Waals surface area contributed by atoms with E-state index >= 15 is 0 Å². The lowest BCUT2D eigenvalue weighted by molar-refractivity contribution is 0.661. The van der Waals surface area contributed by atoms with Gasteiger partial charge in [0, 0.05) is 39.5 Å². The molecule has 11 aromatic rings. The van der Waals surface area contributed by atoms with Gasteiger partial charge in [-0.05, 0) is 155 Å². The van der Waals surface area contributed by atoms with E-state index in [0.29, 0.717) is 0 Å². The molecule has 1 aliphatic rings. The van der Waals surface area contributed by atoms with Crippen molar-refractivity contribution in [2.45, 2.75) is 19.3 Å².